The fraction of sp³-hybridized carbons (Fsp3) is 0.238. The van der Waals surface area contributed by atoms with Crippen molar-refractivity contribution in [1.82, 2.24) is 14.3 Å². The summed E-state index contributed by atoms with van der Waals surface area (Å²) in [7, 11) is -3.74. The summed E-state index contributed by atoms with van der Waals surface area (Å²) in [5.41, 5.74) is 1.75. The lowest BCUT2D eigenvalue weighted by atomic mass is 10.3. The third kappa shape index (κ3) is 4.93. The van der Waals surface area contributed by atoms with Crippen molar-refractivity contribution in [2.24, 2.45) is 0 Å². The maximum absolute atomic E-state index is 13.0. The molecule has 1 fully saturated rings. The van der Waals surface area contributed by atoms with Gasteiger partial charge in [0.1, 0.15) is 10.7 Å². The molecule has 4 rings (SSSR count). The van der Waals surface area contributed by atoms with Crippen LogP contribution >= 0.6 is 23.2 Å². The second-order valence-corrected chi connectivity index (χ2v) is 9.90. The molecular weight excluding hydrogens is 457 g/mol. The van der Waals surface area contributed by atoms with E-state index in [0.29, 0.717) is 43.0 Å². The van der Waals surface area contributed by atoms with Crippen molar-refractivity contribution in [1.29, 1.82) is 0 Å². The fourth-order valence-corrected chi connectivity index (χ4v) is 5.53. The summed E-state index contributed by atoms with van der Waals surface area (Å²) >= 11 is 12.1. The van der Waals surface area contributed by atoms with Gasteiger partial charge in [-0.05, 0) is 37.3 Å². The smallest absolute Gasteiger partial charge is 0.244 e. The summed E-state index contributed by atoms with van der Waals surface area (Å²) < 4.78 is 27.5. The standard InChI is InChI=1S/C21H21Cl2N5O2S/c1-15-13-20(25-17-5-3-2-4-6-17)26-21(24-15)27-9-11-28(12-10-27)31(29,30)19-14-16(22)7-8-18(19)23/h2-8,13-14H,9-12H2,1H3,(H,24,25,26). The Labute approximate surface area is 191 Å². The van der Waals surface area contributed by atoms with E-state index in [4.69, 9.17) is 23.2 Å². The zero-order chi connectivity index (χ0) is 22.0. The topological polar surface area (TPSA) is 78.4 Å². The van der Waals surface area contributed by atoms with E-state index in [2.05, 4.69) is 15.3 Å². The Balaban J connectivity index is 1.49. The van der Waals surface area contributed by atoms with Crippen molar-refractivity contribution < 1.29 is 8.42 Å². The molecule has 0 spiro atoms. The minimum absolute atomic E-state index is 0.0243. The molecule has 1 N–H and O–H groups in total. The molecule has 7 nitrogen and oxygen atoms in total. The average Bonchev–Trinajstić information content (AvgIpc) is 2.76. The Morgan fingerprint density at radius 2 is 1.65 bits per heavy atom. The number of piperazine rings is 1. The number of sulfonamides is 1. The lowest BCUT2D eigenvalue weighted by Gasteiger charge is -2.34. The molecule has 2 aromatic carbocycles. The summed E-state index contributed by atoms with van der Waals surface area (Å²) in [6.07, 6.45) is 0. The fourth-order valence-electron chi connectivity index (χ4n) is 3.37. The number of rotatable bonds is 5. The lowest BCUT2D eigenvalue weighted by Crippen LogP contribution is -2.49. The highest BCUT2D eigenvalue weighted by Gasteiger charge is 2.31. The zero-order valence-corrected chi connectivity index (χ0v) is 19.1. The van der Waals surface area contributed by atoms with Crippen LogP contribution in [0.1, 0.15) is 5.69 Å². The first-order valence-corrected chi connectivity index (χ1v) is 11.9. The van der Waals surface area contributed by atoms with Gasteiger partial charge in [-0.2, -0.15) is 9.29 Å². The van der Waals surface area contributed by atoms with Gasteiger partial charge in [0, 0.05) is 48.6 Å². The number of hydrogen-bond donors (Lipinski definition) is 1. The van der Waals surface area contributed by atoms with Crippen LogP contribution in [-0.4, -0.2) is 48.9 Å². The first-order chi connectivity index (χ1) is 14.8. The number of para-hydroxylation sites is 1. The van der Waals surface area contributed by atoms with Crippen LogP contribution in [0.15, 0.2) is 59.5 Å². The Morgan fingerprint density at radius 3 is 2.35 bits per heavy atom. The van der Waals surface area contributed by atoms with Crippen LogP contribution in [0.2, 0.25) is 10.0 Å². The van der Waals surface area contributed by atoms with Gasteiger partial charge in [0.15, 0.2) is 0 Å². The number of anilines is 3. The van der Waals surface area contributed by atoms with Gasteiger partial charge in [0.2, 0.25) is 16.0 Å². The van der Waals surface area contributed by atoms with Crippen LogP contribution in [0.5, 0.6) is 0 Å². The van der Waals surface area contributed by atoms with Crippen molar-refractivity contribution >= 4 is 50.7 Å². The molecule has 0 aliphatic carbocycles. The monoisotopic (exact) mass is 477 g/mol. The molecule has 3 aromatic rings. The van der Waals surface area contributed by atoms with Gasteiger partial charge < -0.3 is 10.2 Å². The predicted octanol–water partition coefficient (Wildman–Crippen LogP) is 4.35. The Hall–Kier alpha value is -2.39. The summed E-state index contributed by atoms with van der Waals surface area (Å²) in [6.45, 7) is 3.42. The molecule has 0 amide bonds. The summed E-state index contributed by atoms with van der Waals surface area (Å²) in [4.78, 5) is 11.2. The van der Waals surface area contributed by atoms with Crippen molar-refractivity contribution in [3.8, 4) is 0 Å². The summed E-state index contributed by atoms with van der Waals surface area (Å²) in [5, 5.41) is 3.76. The van der Waals surface area contributed by atoms with Crippen LogP contribution < -0.4 is 10.2 Å². The van der Waals surface area contributed by atoms with E-state index in [1.807, 2.05) is 48.2 Å². The maximum atomic E-state index is 13.0. The Kier molecular flexibility index (Phi) is 6.34. The molecule has 162 valence electrons. The van der Waals surface area contributed by atoms with Crippen molar-refractivity contribution in [3.63, 3.8) is 0 Å². The molecule has 1 aromatic heterocycles. The summed E-state index contributed by atoms with van der Waals surface area (Å²) in [6, 6.07) is 16.1. The molecule has 0 bridgehead atoms. The van der Waals surface area contributed by atoms with Crippen LogP contribution in [-0.2, 0) is 10.0 Å². The van der Waals surface area contributed by atoms with Gasteiger partial charge in [-0.25, -0.2) is 13.4 Å². The average molecular weight is 478 g/mol. The van der Waals surface area contributed by atoms with E-state index >= 15 is 0 Å². The van der Waals surface area contributed by atoms with E-state index in [-0.39, 0.29) is 9.92 Å². The van der Waals surface area contributed by atoms with E-state index in [9.17, 15) is 8.42 Å². The SMILES string of the molecule is Cc1cc(Nc2ccccc2)nc(N2CCN(S(=O)(=O)c3cc(Cl)ccc3Cl)CC2)n1. The van der Waals surface area contributed by atoms with Crippen LogP contribution in [0, 0.1) is 6.92 Å². The minimum atomic E-state index is -3.74. The van der Waals surface area contributed by atoms with Gasteiger partial charge >= 0.3 is 0 Å². The van der Waals surface area contributed by atoms with E-state index < -0.39 is 10.0 Å². The minimum Gasteiger partial charge on any atom is -0.340 e. The quantitative estimate of drug-likeness (QED) is 0.588. The molecular formula is C21H21Cl2N5O2S. The molecule has 10 heteroatoms. The van der Waals surface area contributed by atoms with E-state index in [1.165, 1.54) is 16.4 Å². The van der Waals surface area contributed by atoms with Gasteiger partial charge in [-0.15, -0.1) is 0 Å². The highest BCUT2D eigenvalue weighted by Crippen LogP contribution is 2.29. The molecule has 1 aliphatic heterocycles. The highest BCUT2D eigenvalue weighted by molar-refractivity contribution is 7.89. The third-order valence-electron chi connectivity index (χ3n) is 4.92. The highest BCUT2D eigenvalue weighted by atomic mass is 35.5. The van der Waals surface area contributed by atoms with E-state index in [1.54, 1.807) is 6.07 Å². The molecule has 0 saturated carbocycles. The van der Waals surface area contributed by atoms with Gasteiger partial charge in [-0.1, -0.05) is 41.4 Å². The molecule has 31 heavy (non-hydrogen) atoms. The van der Waals surface area contributed by atoms with Crippen molar-refractivity contribution in [2.45, 2.75) is 11.8 Å². The molecule has 1 saturated heterocycles. The molecule has 1 aliphatic rings. The van der Waals surface area contributed by atoms with Crippen LogP contribution in [0.3, 0.4) is 0 Å². The van der Waals surface area contributed by atoms with Crippen LogP contribution in [0.4, 0.5) is 17.5 Å². The zero-order valence-electron chi connectivity index (χ0n) is 16.8. The normalized spacial score (nSPS) is 15.1. The number of nitrogens with zero attached hydrogens (tertiary/aromatic N) is 4. The number of aromatic nitrogens is 2. The van der Waals surface area contributed by atoms with Gasteiger partial charge in [-0.3, -0.25) is 0 Å². The van der Waals surface area contributed by atoms with E-state index in [0.717, 1.165) is 11.4 Å². The largest absolute Gasteiger partial charge is 0.340 e. The Morgan fingerprint density at radius 1 is 0.935 bits per heavy atom. The number of benzene rings is 2. The second kappa shape index (κ2) is 9.00. The molecule has 2 heterocycles. The first-order valence-electron chi connectivity index (χ1n) is 9.71. The van der Waals surface area contributed by atoms with Gasteiger partial charge in [0.05, 0.1) is 5.02 Å². The van der Waals surface area contributed by atoms with Gasteiger partial charge in [0.25, 0.3) is 0 Å². The third-order valence-corrected chi connectivity index (χ3v) is 7.54. The first kappa shape index (κ1) is 21.8. The summed E-state index contributed by atoms with van der Waals surface area (Å²) in [5.74, 6) is 1.26. The number of halogens is 2. The second-order valence-electron chi connectivity index (χ2n) is 7.15. The number of hydrogen-bond acceptors (Lipinski definition) is 6. The van der Waals surface area contributed by atoms with Crippen LogP contribution in [0.25, 0.3) is 0 Å². The predicted molar refractivity (Wildman–Crippen MR) is 124 cm³/mol. The molecule has 0 atom stereocenters. The molecule has 0 radical (unpaired) electrons. The lowest BCUT2D eigenvalue weighted by molar-refractivity contribution is 0.382. The molecule has 0 unspecified atom stereocenters. The maximum Gasteiger partial charge on any atom is 0.244 e. The Bertz CT molecular complexity index is 1180. The van der Waals surface area contributed by atoms with Crippen molar-refractivity contribution in [2.75, 3.05) is 36.4 Å². The van der Waals surface area contributed by atoms with Crippen molar-refractivity contribution in [3.05, 3.63) is 70.3 Å². The number of aryl methyl sites for hydroxylation is 1. The number of nitrogens with one attached hydrogen (secondary N) is 1.